The third kappa shape index (κ3) is 9.54. The molecule has 0 radical (unpaired) electrons. The minimum atomic E-state index is -4.01. The lowest BCUT2D eigenvalue weighted by Crippen LogP contribution is -2.53. The molecular formula is C30H37FN4O6S. The van der Waals surface area contributed by atoms with Crippen LogP contribution in [0.15, 0.2) is 83.8 Å². The Balaban J connectivity index is 1.77. The lowest BCUT2D eigenvalue weighted by atomic mass is 10.0. The molecule has 42 heavy (non-hydrogen) atoms. The van der Waals surface area contributed by atoms with E-state index in [0.717, 1.165) is 11.6 Å². The minimum absolute atomic E-state index is 0.0273. The average Bonchev–Trinajstić information content (AvgIpc) is 2.92. The van der Waals surface area contributed by atoms with E-state index in [1.807, 2.05) is 32.0 Å². The van der Waals surface area contributed by atoms with E-state index in [1.165, 1.54) is 53.7 Å². The Morgan fingerprint density at radius 2 is 1.64 bits per heavy atom. The summed E-state index contributed by atoms with van der Waals surface area (Å²) in [5.74, 6) is -1.32. The molecule has 0 aliphatic carbocycles. The van der Waals surface area contributed by atoms with Crippen LogP contribution in [0, 0.1) is 11.7 Å². The summed E-state index contributed by atoms with van der Waals surface area (Å²) in [7, 11) is -4.01. The first-order valence-corrected chi connectivity index (χ1v) is 14.9. The molecule has 0 heterocycles. The molecule has 3 atom stereocenters. The Kier molecular flexibility index (Phi) is 11.4. The van der Waals surface area contributed by atoms with Gasteiger partial charge in [-0.2, -0.15) is 4.31 Å². The number of hydrogen-bond acceptors (Lipinski definition) is 7. The maximum Gasteiger partial charge on any atom is 0.412 e. The fraction of sp³-hybridized carbons (Fsp3) is 0.333. The van der Waals surface area contributed by atoms with Crippen LogP contribution in [0.1, 0.15) is 26.3 Å². The number of sulfonamides is 1. The Morgan fingerprint density at radius 1 is 0.976 bits per heavy atom. The van der Waals surface area contributed by atoms with Crippen molar-refractivity contribution in [2.45, 2.75) is 50.3 Å². The fourth-order valence-corrected chi connectivity index (χ4v) is 5.80. The summed E-state index contributed by atoms with van der Waals surface area (Å²) in [5.41, 5.74) is 7.08. The summed E-state index contributed by atoms with van der Waals surface area (Å²) in [4.78, 5) is 25.4. The number of aliphatic hydroxyl groups excluding tert-OH is 1. The number of carbonyl (C=O) groups is 2. The lowest BCUT2D eigenvalue weighted by Gasteiger charge is -2.31. The molecule has 3 aromatic carbocycles. The molecule has 0 spiro atoms. The number of anilines is 2. The highest BCUT2D eigenvalue weighted by molar-refractivity contribution is 7.89. The number of nitrogens with one attached hydrogen (secondary N) is 2. The second-order valence-corrected chi connectivity index (χ2v) is 12.3. The number of carbonyl (C=O) groups excluding carboxylic acids is 2. The summed E-state index contributed by atoms with van der Waals surface area (Å²) in [6.07, 6.45) is -3.41. The number of nitrogens with two attached hydrogens (primary N) is 1. The zero-order valence-corrected chi connectivity index (χ0v) is 24.6. The maximum absolute atomic E-state index is 13.5. The summed E-state index contributed by atoms with van der Waals surface area (Å²) in [5, 5.41) is 16.4. The molecule has 0 fully saturated rings. The smallest absolute Gasteiger partial charge is 0.412 e. The molecule has 0 saturated heterocycles. The van der Waals surface area contributed by atoms with Crippen molar-refractivity contribution in [1.29, 1.82) is 0 Å². The van der Waals surface area contributed by atoms with Crippen LogP contribution in [0.2, 0.25) is 0 Å². The van der Waals surface area contributed by atoms with Gasteiger partial charge in [0.05, 0.1) is 17.0 Å². The van der Waals surface area contributed by atoms with Crippen molar-refractivity contribution in [2.24, 2.45) is 5.92 Å². The van der Waals surface area contributed by atoms with Gasteiger partial charge in [0.25, 0.3) is 5.91 Å². The average molecular weight is 601 g/mol. The van der Waals surface area contributed by atoms with Crippen LogP contribution in [0.4, 0.5) is 20.6 Å². The Bertz CT molecular complexity index is 1440. The van der Waals surface area contributed by atoms with Gasteiger partial charge in [0.15, 0.2) is 6.10 Å². The number of nitrogens with zero attached hydrogens (tertiary/aromatic N) is 1. The van der Waals surface area contributed by atoms with Gasteiger partial charge in [-0.25, -0.2) is 17.6 Å². The van der Waals surface area contributed by atoms with E-state index in [9.17, 15) is 27.5 Å². The molecular weight excluding hydrogens is 563 g/mol. The predicted molar refractivity (Wildman–Crippen MR) is 159 cm³/mol. The zero-order chi connectivity index (χ0) is 30.9. The molecule has 0 aliphatic rings. The van der Waals surface area contributed by atoms with Crippen LogP contribution in [-0.4, -0.2) is 61.2 Å². The van der Waals surface area contributed by atoms with Gasteiger partial charge in [0, 0.05) is 24.5 Å². The molecule has 0 aliphatic heterocycles. The van der Waals surface area contributed by atoms with E-state index in [2.05, 4.69) is 10.6 Å². The van der Waals surface area contributed by atoms with Crippen LogP contribution in [-0.2, 0) is 26.0 Å². The highest BCUT2D eigenvalue weighted by atomic mass is 32.2. The van der Waals surface area contributed by atoms with Gasteiger partial charge in [-0.1, -0.05) is 50.2 Å². The van der Waals surface area contributed by atoms with E-state index in [0.29, 0.717) is 5.69 Å². The number of rotatable bonds is 13. The van der Waals surface area contributed by atoms with Gasteiger partial charge in [0.2, 0.25) is 10.0 Å². The highest BCUT2D eigenvalue weighted by Gasteiger charge is 2.32. The van der Waals surface area contributed by atoms with Crippen molar-refractivity contribution in [3.05, 3.63) is 90.2 Å². The molecule has 10 nitrogen and oxygen atoms in total. The molecule has 2 amide bonds. The minimum Gasteiger partial charge on any atom is -0.436 e. The van der Waals surface area contributed by atoms with Crippen molar-refractivity contribution >= 4 is 33.4 Å². The SMILES string of the molecule is CC(C)CN(CC(O)C(Cc1ccccc1)NC(=O)C(C)OC(=O)Nc1cccc(F)c1)S(=O)(=O)c1ccc(N)cc1. The van der Waals surface area contributed by atoms with Crippen LogP contribution in [0.5, 0.6) is 0 Å². The molecule has 226 valence electrons. The maximum atomic E-state index is 13.5. The van der Waals surface area contributed by atoms with E-state index >= 15 is 0 Å². The second-order valence-electron chi connectivity index (χ2n) is 10.3. The van der Waals surface area contributed by atoms with Crippen LogP contribution in [0.3, 0.4) is 0 Å². The van der Waals surface area contributed by atoms with Crippen LogP contribution < -0.4 is 16.4 Å². The summed E-state index contributed by atoms with van der Waals surface area (Å²) in [6.45, 7) is 4.88. The number of ether oxygens (including phenoxy) is 1. The Hall–Kier alpha value is -4.00. The van der Waals surface area contributed by atoms with Crippen molar-refractivity contribution in [2.75, 3.05) is 24.1 Å². The summed E-state index contributed by atoms with van der Waals surface area (Å²) in [6, 6.07) is 19.1. The standard InChI is InChI=1S/C30H37FN4O6S/c1-20(2)18-35(42(39,40)26-14-12-24(32)13-15-26)19-28(36)27(16-22-8-5-4-6-9-22)34-29(37)21(3)41-30(38)33-25-11-7-10-23(31)17-25/h4-15,17,20-21,27-28,36H,16,18-19,32H2,1-3H3,(H,33,38)(H,34,37). The van der Waals surface area contributed by atoms with Gasteiger partial charge in [-0.15, -0.1) is 0 Å². The Morgan fingerprint density at radius 3 is 2.26 bits per heavy atom. The van der Waals surface area contributed by atoms with Gasteiger partial charge in [0.1, 0.15) is 5.82 Å². The van der Waals surface area contributed by atoms with Crippen LogP contribution in [0.25, 0.3) is 0 Å². The lowest BCUT2D eigenvalue weighted by molar-refractivity contribution is -0.130. The van der Waals surface area contributed by atoms with E-state index < -0.39 is 46.1 Å². The molecule has 12 heteroatoms. The molecule has 3 rings (SSSR count). The van der Waals surface area contributed by atoms with E-state index in [4.69, 9.17) is 10.5 Å². The molecule has 0 aromatic heterocycles. The van der Waals surface area contributed by atoms with Gasteiger partial charge >= 0.3 is 6.09 Å². The number of hydrogen-bond donors (Lipinski definition) is 4. The van der Waals surface area contributed by atoms with Gasteiger partial charge in [-0.3, -0.25) is 10.1 Å². The third-order valence-corrected chi connectivity index (χ3v) is 8.14. The molecule has 0 saturated carbocycles. The number of nitrogen functional groups attached to an aromatic ring is 1. The quantitative estimate of drug-likeness (QED) is 0.218. The normalized spacial score (nSPS) is 13.8. The van der Waals surface area contributed by atoms with E-state index in [1.54, 1.807) is 12.1 Å². The largest absolute Gasteiger partial charge is 0.436 e. The van der Waals surface area contributed by atoms with Crippen molar-refractivity contribution in [3.8, 4) is 0 Å². The molecule has 3 unspecified atom stereocenters. The fourth-order valence-electron chi connectivity index (χ4n) is 4.18. The Labute approximate surface area is 245 Å². The van der Waals surface area contributed by atoms with E-state index in [-0.39, 0.29) is 36.0 Å². The van der Waals surface area contributed by atoms with Crippen molar-refractivity contribution < 1.29 is 32.2 Å². The zero-order valence-electron chi connectivity index (χ0n) is 23.7. The number of benzene rings is 3. The molecule has 3 aromatic rings. The number of halogens is 1. The first-order chi connectivity index (χ1) is 19.8. The van der Waals surface area contributed by atoms with Gasteiger partial charge < -0.3 is 20.9 Å². The third-order valence-electron chi connectivity index (χ3n) is 6.29. The highest BCUT2D eigenvalue weighted by Crippen LogP contribution is 2.20. The van der Waals surface area contributed by atoms with Crippen LogP contribution >= 0.6 is 0 Å². The predicted octanol–water partition coefficient (Wildman–Crippen LogP) is 3.78. The van der Waals surface area contributed by atoms with Crippen molar-refractivity contribution in [3.63, 3.8) is 0 Å². The molecule has 5 N–H and O–H groups in total. The first-order valence-electron chi connectivity index (χ1n) is 13.5. The van der Waals surface area contributed by atoms with Crippen molar-refractivity contribution in [1.82, 2.24) is 9.62 Å². The number of amides is 2. The summed E-state index contributed by atoms with van der Waals surface area (Å²) < 4.78 is 46.8. The first kappa shape index (κ1) is 32.5. The topological polar surface area (TPSA) is 151 Å². The molecule has 0 bridgehead atoms. The van der Waals surface area contributed by atoms with Gasteiger partial charge in [-0.05, 0) is 67.3 Å². The number of aliphatic hydroxyl groups is 1. The monoisotopic (exact) mass is 600 g/mol. The second kappa shape index (κ2) is 14.8. The summed E-state index contributed by atoms with van der Waals surface area (Å²) >= 11 is 0.